The Hall–Kier alpha value is -2.80. The van der Waals surface area contributed by atoms with E-state index in [9.17, 15) is 14.9 Å². The average molecular weight is 363 g/mol. The van der Waals surface area contributed by atoms with Crippen molar-refractivity contribution in [2.24, 2.45) is 0 Å². The molecule has 1 aliphatic rings. The lowest BCUT2D eigenvalue weighted by molar-refractivity contribution is -0.384. The van der Waals surface area contributed by atoms with Gasteiger partial charge < -0.3 is 14.8 Å². The van der Waals surface area contributed by atoms with E-state index in [1.54, 1.807) is 6.07 Å². The first-order valence-corrected chi connectivity index (χ1v) is 8.03. The standard InChI is InChI=1S/C17H15ClN2O5/c18-14-9-11(10-15-16(14)25-8-7-24-15)5-6-19-17(21)12-1-3-13(4-2-12)20(22)23/h1-4,9-10H,5-8H2,(H,19,21). The predicted molar refractivity (Wildman–Crippen MR) is 91.6 cm³/mol. The molecular weight excluding hydrogens is 348 g/mol. The van der Waals surface area contributed by atoms with E-state index in [1.807, 2.05) is 6.07 Å². The average Bonchev–Trinajstić information content (AvgIpc) is 2.62. The van der Waals surface area contributed by atoms with Crippen molar-refractivity contribution in [2.45, 2.75) is 6.42 Å². The molecule has 0 aromatic heterocycles. The highest BCUT2D eigenvalue weighted by Crippen LogP contribution is 2.38. The van der Waals surface area contributed by atoms with Gasteiger partial charge in [0.15, 0.2) is 11.5 Å². The fourth-order valence-electron chi connectivity index (χ4n) is 2.47. The molecule has 0 atom stereocenters. The summed E-state index contributed by atoms with van der Waals surface area (Å²) in [7, 11) is 0. The van der Waals surface area contributed by atoms with Crippen LogP contribution in [0.3, 0.4) is 0 Å². The van der Waals surface area contributed by atoms with Crippen molar-refractivity contribution in [3.63, 3.8) is 0 Å². The third-order valence-corrected chi connectivity index (χ3v) is 3.98. The smallest absolute Gasteiger partial charge is 0.269 e. The van der Waals surface area contributed by atoms with Gasteiger partial charge in [-0.2, -0.15) is 0 Å². The number of carbonyl (C=O) groups is 1. The molecule has 3 rings (SSSR count). The molecule has 7 nitrogen and oxygen atoms in total. The third-order valence-electron chi connectivity index (χ3n) is 3.70. The van der Waals surface area contributed by atoms with Gasteiger partial charge in [0.1, 0.15) is 13.2 Å². The van der Waals surface area contributed by atoms with Gasteiger partial charge in [0.25, 0.3) is 11.6 Å². The Morgan fingerprint density at radius 2 is 1.92 bits per heavy atom. The first-order valence-electron chi connectivity index (χ1n) is 7.65. The molecule has 0 bridgehead atoms. The SMILES string of the molecule is O=C(NCCc1cc(Cl)c2c(c1)OCCO2)c1ccc([N+](=O)[O-])cc1. The lowest BCUT2D eigenvalue weighted by Crippen LogP contribution is -2.25. The fraction of sp³-hybridized carbons (Fsp3) is 0.235. The zero-order valence-corrected chi connectivity index (χ0v) is 13.9. The Bertz CT molecular complexity index is 807. The maximum absolute atomic E-state index is 12.1. The van der Waals surface area contributed by atoms with Gasteiger partial charge >= 0.3 is 0 Å². The molecule has 2 aromatic rings. The summed E-state index contributed by atoms with van der Waals surface area (Å²) in [5.74, 6) is 0.862. The molecule has 0 fully saturated rings. The van der Waals surface area contributed by atoms with E-state index in [0.29, 0.717) is 48.3 Å². The summed E-state index contributed by atoms with van der Waals surface area (Å²) in [4.78, 5) is 22.2. The number of ether oxygens (including phenoxy) is 2. The minimum Gasteiger partial charge on any atom is -0.486 e. The highest BCUT2D eigenvalue weighted by molar-refractivity contribution is 6.32. The van der Waals surface area contributed by atoms with E-state index in [-0.39, 0.29) is 11.6 Å². The zero-order valence-electron chi connectivity index (χ0n) is 13.2. The summed E-state index contributed by atoms with van der Waals surface area (Å²) in [6.07, 6.45) is 0.565. The fourth-order valence-corrected chi connectivity index (χ4v) is 2.75. The second-order valence-electron chi connectivity index (χ2n) is 5.41. The van der Waals surface area contributed by atoms with Crippen LogP contribution in [0.15, 0.2) is 36.4 Å². The van der Waals surface area contributed by atoms with Gasteiger partial charge in [-0.3, -0.25) is 14.9 Å². The van der Waals surface area contributed by atoms with Gasteiger partial charge in [-0.1, -0.05) is 11.6 Å². The lowest BCUT2D eigenvalue weighted by atomic mass is 10.1. The normalized spacial score (nSPS) is 12.5. The topological polar surface area (TPSA) is 90.7 Å². The molecule has 0 radical (unpaired) electrons. The number of hydrogen-bond acceptors (Lipinski definition) is 5. The van der Waals surface area contributed by atoms with Crippen LogP contribution >= 0.6 is 11.6 Å². The van der Waals surface area contributed by atoms with Gasteiger partial charge in [0.2, 0.25) is 0 Å². The minimum atomic E-state index is -0.507. The first kappa shape index (κ1) is 17.0. The van der Waals surface area contributed by atoms with Crippen LogP contribution in [0.2, 0.25) is 5.02 Å². The molecule has 0 spiro atoms. The minimum absolute atomic E-state index is 0.0533. The van der Waals surface area contributed by atoms with Crippen LogP contribution in [0.4, 0.5) is 5.69 Å². The molecule has 2 aromatic carbocycles. The van der Waals surface area contributed by atoms with Gasteiger partial charge in [-0.15, -0.1) is 0 Å². The molecule has 8 heteroatoms. The highest BCUT2D eigenvalue weighted by atomic mass is 35.5. The Morgan fingerprint density at radius 3 is 2.64 bits per heavy atom. The van der Waals surface area contributed by atoms with Crippen molar-refractivity contribution >= 4 is 23.2 Å². The van der Waals surface area contributed by atoms with Crippen molar-refractivity contribution in [1.29, 1.82) is 0 Å². The summed E-state index contributed by atoms with van der Waals surface area (Å²) in [6, 6.07) is 9.08. The largest absolute Gasteiger partial charge is 0.486 e. The number of nitrogens with zero attached hydrogens (tertiary/aromatic N) is 1. The Kier molecular flexibility index (Phi) is 5.04. The van der Waals surface area contributed by atoms with E-state index in [2.05, 4.69) is 5.32 Å². The summed E-state index contributed by atoms with van der Waals surface area (Å²) < 4.78 is 11.0. The Balaban J connectivity index is 1.58. The molecule has 25 heavy (non-hydrogen) atoms. The number of rotatable bonds is 5. The van der Waals surface area contributed by atoms with Crippen LogP contribution in [0.5, 0.6) is 11.5 Å². The maximum Gasteiger partial charge on any atom is 0.269 e. The second-order valence-corrected chi connectivity index (χ2v) is 5.82. The number of fused-ring (bicyclic) bond motifs is 1. The van der Waals surface area contributed by atoms with Gasteiger partial charge in [0.05, 0.1) is 9.95 Å². The number of amides is 1. The molecule has 0 saturated heterocycles. The van der Waals surface area contributed by atoms with Crippen LogP contribution < -0.4 is 14.8 Å². The molecule has 1 aliphatic heterocycles. The third kappa shape index (κ3) is 4.00. The van der Waals surface area contributed by atoms with Crippen molar-refractivity contribution in [1.82, 2.24) is 5.32 Å². The number of nitro groups is 1. The van der Waals surface area contributed by atoms with Crippen LogP contribution in [0.25, 0.3) is 0 Å². The van der Waals surface area contributed by atoms with Gasteiger partial charge in [-0.05, 0) is 36.2 Å². The summed E-state index contributed by atoms with van der Waals surface area (Å²) in [5, 5.41) is 13.9. The van der Waals surface area contributed by atoms with E-state index >= 15 is 0 Å². The van der Waals surface area contributed by atoms with Crippen molar-refractivity contribution < 1.29 is 19.2 Å². The van der Waals surface area contributed by atoms with Crippen molar-refractivity contribution in [3.05, 3.63) is 62.7 Å². The molecule has 1 heterocycles. The predicted octanol–water partition coefficient (Wildman–Crippen LogP) is 2.99. The van der Waals surface area contributed by atoms with E-state index in [4.69, 9.17) is 21.1 Å². The monoisotopic (exact) mass is 362 g/mol. The first-order chi connectivity index (χ1) is 12.0. The maximum atomic E-state index is 12.1. The molecule has 1 N–H and O–H groups in total. The molecule has 0 saturated carbocycles. The number of non-ortho nitro benzene ring substituents is 1. The van der Waals surface area contributed by atoms with Gasteiger partial charge in [0, 0.05) is 24.2 Å². The van der Waals surface area contributed by atoms with Crippen LogP contribution in [-0.2, 0) is 6.42 Å². The molecule has 0 aliphatic carbocycles. The molecular formula is C17H15ClN2O5. The zero-order chi connectivity index (χ0) is 17.8. The Morgan fingerprint density at radius 1 is 1.20 bits per heavy atom. The lowest BCUT2D eigenvalue weighted by Gasteiger charge is -2.20. The van der Waals surface area contributed by atoms with E-state index < -0.39 is 4.92 Å². The number of carbonyl (C=O) groups excluding carboxylic acids is 1. The highest BCUT2D eigenvalue weighted by Gasteiger charge is 2.16. The summed E-state index contributed by atoms with van der Waals surface area (Å²) >= 11 is 6.18. The van der Waals surface area contributed by atoms with E-state index in [1.165, 1.54) is 24.3 Å². The molecule has 0 unspecified atom stereocenters. The molecule has 130 valence electrons. The quantitative estimate of drug-likeness (QED) is 0.652. The number of halogens is 1. The summed E-state index contributed by atoms with van der Waals surface area (Å²) in [5.41, 5.74) is 1.23. The van der Waals surface area contributed by atoms with Crippen molar-refractivity contribution in [3.8, 4) is 11.5 Å². The van der Waals surface area contributed by atoms with E-state index in [0.717, 1.165) is 5.56 Å². The van der Waals surface area contributed by atoms with Gasteiger partial charge in [-0.25, -0.2) is 0 Å². The van der Waals surface area contributed by atoms with Crippen LogP contribution in [0, 0.1) is 10.1 Å². The Labute approximate surface area is 148 Å². The molecule has 1 amide bonds. The van der Waals surface area contributed by atoms with Crippen LogP contribution in [-0.4, -0.2) is 30.6 Å². The second kappa shape index (κ2) is 7.40. The summed E-state index contributed by atoms with van der Waals surface area (Å²) in [6.45, 7) is 1.34. The number of nitro benzene ring substituents is 1. The number of hydrogen-bond donors (Lipinski definition) is 1. The number of benzene rings is 2. The van der Waals surface area contributed by atoms with Crippen molar-refractivity contribution in [2.75, 3.05) is 19.8 Å². The van der Waals surface area contributed by atoms with Crippen LogP contribution in [0.1, 0.15) is 15.9 Å². The number of nitrogens with one attached hydrogen (secondary N) is 1.